The van der Waals surface area contributed by atoms with Crippen molar-refractivity contribution >= 4 is 44.1 Å². The van der Waals surface area contributed by atoms with Crippen LogP contribution in [0.5, 0.6) is 46.0 Å². The van der Waals surface area contributed by atoms with Crippen molar-refractivity contribution < 1.29 is 18.9 Å². The van der Waals surface area contributed by atoms with Gasteiger partial charge in [-0.05, 0) is 166 Å². The second-order valence-corrected chi connectivity index (χ2v) is 28.9. The molecule has 0 spiro atoms. The molecule has 0 aliphatic carbocycles. The van der Waals surface area contributed by atoms with Gasteiger partial charge in [-0.3, -0.25) is 0 Å². The van der Waals surface area contributed by atoms with Crippen LogP contribution >= 0.6 is 0 Å². The standard InChI is InChI=1S/C92H74N8O4/c1-89(2,57-21-13-9-14-22-57)61-29-37-65(38-30-61)101-69-45-49-73-77(53-69)85-94-81(73)93-82-74-50-46-70(102-66-39-31-62(32-40-66)90(3,4)58-23-15-10-16-24-58)54-78(74)86(95-82)97-84-76-52-48-72(104-68-43-35-64(36-44-68)92(7,8)60-27-19-12-20-28-60)56-80(76)88(99-84)100-87-79-55-71(47-51-75(79)83(96-85)98-87)103-67-41-33-63(34-42-67)91(5,6)59-25-17-11-18-26-59/h9-56H,1-8H3,(H2,93,94,95,96,97,98,99,100). The fourth-order valence-corrected chi connectivity index (χ4v) is 14.4. The fraction of sp³-hybridized carbons (Fsp3) is 0.130. The molecule has 104 heavy (non-hydrogen) atoms. The van der Waals surface area contributed by atoms with Gasteiger partial charge < -0.3 is 28.9 Å². The fourth-order valence-electron chi connectivity index (χ4n) is 14.4. The van der Waals surface area contributed by atoms with E-state index >= 15 is 0 Å². The lowest BCUT2D eigenvalue weighted by Crippen LogP contribution is -2.18. The second-order valence-electron chi connectivity index (χ2n) is 28.9. The van der Waals surface area contributed by atoms with Crippen LogP contribution < -0.4 is 18.9 Å². The number of hydrogen-bond donors (Lipinski definition) is 2. The molecule has 3 aromatic heterocycles. The van der Waals surface area contributed by atoms with Crippen LogP contribution in [0.3, 0.4) is 0 Å². The molecule has 12 nitrogen and oxygen atoms in total. The first-order chi connectivity index (χ1) is 50.4. The van der Waals surface area contributed by atoms with Gasteiger partial charge in [0.05, 0.1) is 0 Å². The SMILES string of the molecule is CC(C)(c1ccccc1)c1ccc(Oc2ccc3c(c2)-c2nc-3nc3[nH]c(nc4nc(nc5[nH]c(n2)c2ccc(Oc6ccc(C(C)(C)c7ccccc7)cc6)cc52)-c2cc(Oc5ccc(C(C)(C)c6ccccc6)cc5)ccc2-4)c2cc(Oc4ccc(C(C)(C)c5ccccc5)cc4)ccc32)cc1. The van der Waals surface area contributed by atoms with E-state index in [-0.39, 0.29) is 21.7 Å². The Hall–Kier alpha value is -12.8. The van der Waals surface area contributed by atoms with Gasteiger partial charge in [-0.1, -0.05) is 225 Å². The number of ether oxygens (including phenoxy) is 4. The summed E-state index contributed by atoms with van der Waals surface area (Å²) in [5.41, 5.74) is 13.6. The molecule has 17 rings (SSSR count). The van der Waals surface area contributed by atoms with E-state index in [0.29, 0.717) is 97.4 Å². The molecule has 0 saturated heterocycles. The predicted octanol–water partition coefficient (Wildman–Crippen LogP) is 23.3. The molecule has 0 fully saturated rings. The minimum Gasteiger partial charge on any atom is -0.457 e. The van der Waals surface area contributed by atoms with Crippen LogP contribution in [0.1, 0.15) is 99.9 Å². The number of aromatic nitrogens is 8. The summed E-state index contributed by atoms with van der Waals surface area (Å²) in [6.45, 7) is 17.9. The molecule has 12 aromatic carbocycles. The van der Waals surface area contributed by atoms with Crippen LogP contribution in [-0.4, -0.2) is 39.9 Å². The highest BCUT2D eigenvalue weighted by molar-refractivity contribution is 6.07. The molecule has 0 amide bonds. The molecule has 5 heterocycles. The Kier molecular flexibility index (Phi) is 15.9. The number of aromatic amines is 2. The maximum absolute atomic E-state index is 6.74. The summed E-state index contributed by atoms with van der Waals surface area (Å²) in [6.07, 6.45) is 0. The van der Waals surface area contributed by atoms with E-state index in [9.17, 15) is 0 Å². The number of H-pyrrole nitrogens is 2. The normalized spacial score (nSPS) is 12.2. The van der Waals surface area contributed by atoms with E-state index in [0.717, 1.165) is 38.2 Å². The molecule has 506 valence electrons. The van der Waals surface area contributed by atoms with Crippen LogP contribution in [0.4, 0.5) is 0 Å². The number of fused-ring (bicyclic) bond motifs is 20. The summed E-state index contributed by atoms with van der Waals surface area (Å²) in [5.74, 6) is 6.82. The van der Waals surface area contributed by atoms with Crippen molar-refractivity contribution in [2.24, 2.45) is 0 Å². The second kappa shape index (κ2) is 25.7. The average Bonchev–Trinajstić information content (AvgIpc) is 1.59. The largest absolute Gasteiger partial charge is 0.457 e. The molecule has 15 aromatic rings. The van der Waals surface area contributed by atoms with Gasteiger partial charge in [0.2, 0.25) is 0 Å². The molecule has 2 N–H and O–H groups in total. The molecule has 0 unspecified atom stereocenters. The van der Waals surface area contributed by atoms with Crippen molar-refractivity contribution in [3.8, 4) is 91.5 Å². The lowest BCUT2D eigenvalue weighted by atomic mass is 9.78. The average molecular weight is 1360 g/mol. The van der Waals surface area contributed by atoms with E-state index in [2.05, 4.69) is 211 Å². The summed E-state index contributed by atoms with van der Waals surface area (Å²) in [4.78, 5) is 39.8. The zero-order chi connectivity index (χ0) is 70.9. The van der Waals surface area contributed by atoms with Gasteiger partial charge in [-0.15, -0.1) is 0 Å². The van der Waals surface area contributed by atoms with E-state index in [1.807, 2.05) is 146 Å². The first-order valence-corrected chi connectivity index (χ1v) is 35.2. The molecular weight excluding hydrogens is 1280 g/mol. The summed E-state index contributed by atoms with van der Waals surface area (Å²) >= 11 is 0. The number of benzene rings is 12. The summed E-state index contributed by atoms with van der Waals surface area (Å²) < 4.78 is 26.9. The molecule has 0 radical (unpaired) electrons. The number of nitrogens with one attached hydrogen (secondary N) is 2. The van der Waals surface area contributed by atoms with Crippen molar-refractivity contribution in [1.29, 1.82) is 0 Å². The molecule has 0 atom stereocenters. The van der Waals surface area contributed by atoms with Gasteiger partial charge in [0.15, 0.2) is 23.3 Å². The van der Waals surface area contributed by atoms with Crippen LogP contribution in [0, 0.1) is 0 Å². The van der Waals surface area contributed by atoms with E-state index in [1.54, 1.807) is 0 Å². The quantitative estimate of drug-likeness (QED) is 0.0959. The highest BCUT2D eigenvalue weighted by Gasteiger charge is 2.29. The third kappa shape index (κ3) is 12.1. The minimum atomic E-state index is -0.230. The Morgan fingerprint density at radius 3 is 0.702 bits per heavy atom. The molecule has 2 aliphatic heterocycles. The smallest absolute Gasteiger partial charge is 0.164 e. The minimum absolute atomic E-state index is 0.224. The van der Waals surface area contributed by atoms with Crippen LogP contribution in [0.25, 0.3) is 89.7 Å². The van der Waals surface area contributed by atoms with Crippen molar-refractivity contribution in [2.45, 2.75) is 77.0 Å². The first kappa shape index (κ1) is 64.6. The van der Waals surface area contributed by atoms with E-state index in [1.165, 1.54) is 44.5 Å². The molecule has 8 bridgehead atoms. The van der Waals surface area contributed by atoms with Gasteiger partial charge in [0.25, 0.3) is 0 Å². The Bertz CT molecular complexity index is 5940. The zero-order valence-electron chi connectivity index (χ0n) is 59.0. The number of rotatable bonds is 16. The van der Waals surface area contributed by atoms with Crippen LogP contribution in [-0.2, 0) is 21.7 Å². The Labute approximate surface area is 603 Å². The first-order valence-electron chi connectivity index (χ1n) is 35.2. The summed E-state index contributed by atoms with van der Waals surface area (Å²) in [6, 6.07) is 99.2. The number of nitrogens with zero attached hydrogens (tertiary/aromatic N) is 6. The third-order valence-corrected chi connectivity index (χ3v) is 20.9. The van der Waals surface area contributed by atoms with Crippen LogP contribution in [0.15, 0.2) is 291 Å². The maximum atomic E-state index is 6.74. The molecule has 12 heteroatoms. The van der Waals surface area contributed by atoms with Gasteiger partial charge in [-0.2, -0.15) is 0 Å². The molecular formula is C92H74N8O4. The number of hydrogen-bond acceptors (Lipinski definition) is 10. The van der Waals surface area contributed by atoms with Crippen molar-refractivity contribution in [3.63, 3.8) is 0 Å². The topological polar surface area (TPSA) is 146 Å². The highest BCUT2D eigenvalue weighted by atomic mass is 16.5. The maximum Gasteiger partial charge on any atom is 0.164 e. The Balaban J connectivity index is 0.820. The van der Waals surface area contributed by atoms with E-state index < -0.39 is 0 Å². The van der Waals surface area contributed by atoms with Gasteiger partial charge in [-0.25, -0.2) is 29.9 Å². The van der Waals surface area contributed by atoms with Crippen molar-refractivity contribution in [1.82, 2.24) is 39.9 Å². The third-order valence-electron chi connectivity index (χ3n) is 20.9. The highest BCUT2D eigenvalue weighted by Crippen LogP contribution is 2.44. The summed E-state index contributed by atoms with van der Waals surface area (Å²) in [5, 5.41) is 3.04. The van der Waals surface area contributed by atoms with Crippen LogP contribution in [0.2, 0.25) is 0 Å². The van der Waals surface area contributed by atoms with Gasteiger partial charge in [0.1, 0.15) is 68.6 Å². The lowest BCUT2D eigenvalue weighted by Gasteiger charge is -2.26. The monoisotopic (exact) mass is 1350 g/mol. The molecule has 0 saturated carbocycles. The lowest BCUT2D eigenvalue weighted by molar-refractivity contribution is 0.482. The Morgan fingerprint density at radius 2 is 0.423 bits per heavy atom. The van der Waals surface area contributed by atoms with Gasteiger partial charge >= 0.3 is 0 Å². The van der Waals surface area contributed by atoms with Gasteiger partial charge in [0, 0.05) is 65.5 Å². The Morgan fingerprint density at radius 1 is 0.202 bits per heavy atom. The molecule has 2 aliphatic rings. The van der Waals surface area contributed by atoms with Crippen molar-refractivity contribution in [2.75, 3.05) is 0 Å². The predicted molar refractivity (Wildman–Crippen MR) is 416 cm³/mol. The zero-order valence-corrected chi connectivity index (χ0v) is 59.0. The van der Waals surface area contributed by atoms with E-state index in [4.69, 9.17) is 48.9 Å². The summed E-state index contributed by atoms with van der Waals surface area (Å²) in [7, 11) is 0. The van der Waals surface area contributed by atoms with Crippen molar-refractivity contribution in [3.05, 3.63) is 336 Å².